The number of nitrogens with zero attached hydrogens (tertiary/aromatic N) is 2. The Morgan fingerprint density at radius 1 is 1.00 bits per heavy atom. The molecule has 0 spiro atoms. The molecule has 0 aromatic carbocycles. The van der Waals surface area contributed by atoms with Gasteiger partial charge < -0.3 is 4.90 Å². The third-order valence-corrected chi connectivity index (χ3v) is 8.13. The third-order valence-electron chi connectivity index (χ3n) is 5.81. The molecule has 1 aliphatic heterocycles. The van der Waals surface area contributed by atoms with Crippen LogP contribution in [0.2, 0.25) is 0 Å². The van der Waals surface area contributed by atoms with E-state index in [1.807, 2.05) is 4.90 Å². The Bertz CT molecular complexity index is 509. The summed E-state index contributed by atoms with van der Waals surface area (Å²) in [6.07, 6.45) is 8.81. The Kier molecular flexibility index (Phi) is 4.78. The van der Waals surface area contributed by atoms with E-state index in [4.69, 9.17) is 0 Å². The summed E-state index contributed by atoms with van der Waals surface area (Å²) in [7, 11) is -1.55. The fourth-order valence-corrected chi connectivity index (χ4v) is 5.94. The van der Waals surface area contributed by atoms with Crippen LogP contribution in [0.15, 0.2) is 0 Å². The summed E-state index contributed by atoms with van der Waals surface area (Å²) in [4.78, 5) is 14.4. The lowest BCUT2D eigenvalue weighted by atomic mass is 9.93. The number of hydrogen-bond acceptors (Lipinski definition) is 3. The van der Waals surface area contributed by atoms with Crippen LogP contribution >= 0.6 is 0 Å². The van der Waals surface area contributed by atoms with Crippen LogP contribution in [0.25, 0.3) is 0 Å². The molecule has 2 saturated carbocycles. The van der Waals surface area contributed by atoms with Crippen LogP contribution in [0.5, 0.6) is 0 Å². The van der Waals surface area contributed by atoms with Crippen LogP contribution in [-0.2, 0) is 14.8 Å². The maximum Gasteiger partial charge on any atom is 0.225 e. The van der Waals surface area contributed by atoms with E-state index in [0.29, 0.717) is 13.0 Å². The van der Waals surface area contributed by atoms with Crippen LogP contribution in [0.3, 0.4) is 0 Å². The first-order valence-electron chi connectivity index (χ1n) is 8.76. The minimum atomic E-state index is -3.27. The molecule has 0 radical (unpaired) electrons. The molecule has 0 aromatic rings. The maximum absolute atomic E-state index is 12.8. The smallest absolute Gasteiger partial charge is 0.225 e. The minimum absolute atomic E-state index is 0.144. The van der Waals surface area contributed by atoms with Crippen molar-refractivity contribution in [1.29, 1.82) is 0 Å². The summed E-state index contributed by atoms with van der Waals surface area (Å²) in [6, 6.07) is 0.186. The quantitative estimate of drug-likeness (QED) is 0.793. The highest BCUT2D eigenvalue weighted by Crippen LogP contribution is 2.31. The van der Waals surface area contributed by atoms with Crippen molar-refractivity contribution >= 4 is 15.9 Å². The van der Waals surface area contributed by atoms with Crippen LogP contribution in [0, 0.1) is 5.92 Å². The van der Waals surface area contributed by atoms with E-state index in [0.717, 1.165) is 57.9 Å². The molecule has 22 heavy (non-hydrogen) atoms. The number of carbonyl (C=O) groups excluding carboxylic acids is 1. The lowest BCUT2D eigenvalue weighted by Crippen LogP contribution is -2.52. The van der Waals surface area contributed by atoms with Crippen molar-refractivity contribution in [3.05, 3.63) is 0 Å². The van der Waals surface area contributed by atoms with Gasteiger partial charge in [0, 0.05) is 32.1 Å². The molecule has 1 heterocycles. The summed E-state index contributed by atoms with van der Waals surface area (Å²) >= 11 is 0. The Hall–Kier alpha value is -0.620. The van der Waals surface area contributed by atoms with Crippen molar-refractivity contribution < 1.29 is 13.2 Å². The monoisotopic (exact) mass is 328 g/mol. The van der Waals surface area contributed by atoms with Gasteiger partial charge in [-0.2, -0.15) is 0 Å². The molecule has 6 heteroatoms. The van der Waals surface area contributed by atoms with Gasteiger partial charge in [0.2, 0.25) is 15.9 Å². The Labute approximate surface area is 134 Å². The van der Waals surface area contributed by atoms with E-state index in [1.165, 1.54) is 0 Å². The van der Waals surface area contributed by atoms with Crippen LogP contribution in [0.4, 0.5) is 0 Å². The number of carbonyl (C=O) groups is 1. The predicted molar refractivity (Wildman–Crippen MR) is 85.9 cm³/mol. The number of rotatable bonds is 4. The first-order chi connectivity index (χ1) is 10.5. The first-order valence-corrected chi connectivity index (χ1v) is 10.3. The molecule has 3 fully saturated rings. The predicted octanol–water partition coefficient (Wildman–Crippen LogP) is 1.98. The van der Waals surface area contributed by atoms with Crippen LogP contribution in [0.1, 0.15) is 57.8 Å². The van der Waals surface area contributed by atoms with E-state index >= 15 is 0 Å². The number of piperidine rings is 1. The second kappa shape index (κ2) is 6.48. The SMILES string of the molecule is CN(C1CCC1)S(=O)(=O)[C@@H]1CCCN(C(=O)C2CCCC2)C1. The van der Waals surface area contributed by atoms with Crippen molar-refractivity contribution in [2.75, 3.05) is 20.1 Å². The fraction of sp³-hybridized carbons (Fsp3) is 0.938. The van der Waals surface area contributed by atoms with Gasteiger partial charge in [-0.15, -0.1) is 0 Å². The van der Waals surface area contributed by atoms with E-state index in [9.17, 15) is 13.2 Å². The normalized spacial score (nSPS) is 28.1. The standard InChI is InChI=1S/C16H28N2O3S/c1-17(14-8-4-9-14)22(20,21)15-10-5-11-18(12-15)16(19)13-6-2-3-7-13/h13-15H,2-12H2,1H3/t15-/m1/s1. The summed E-state index contributed by atoms with van der Waals surface area (Å²) in [5.74, 6) is 0.342. The number of amides is 1. The van der Waals surface area contributed by atoms with Gasteiger partial charge in [0.15, 0.2) is 0 Å². The van der Waals surface area contributed by atoms with Crippen molar-refractivity contribution in [2.45, 2.75) is 69.1 Å². The molecule has 126 valence electrons. The topological polar surface area (TPSA) is 57.7 Å². The van der Waals surface area contributed by atoms with Crippen molar-refractivity contribution in [2.24, 2.45) is 5.92 Å². The molecule has 2 aliphatic carbocycles. The second-order valence-electron chi connectivity index (χ2n) is 7.18. The van der Waals surface area contributed by atoms with Crippen molar-refractivity contribution in [3.8, 4) is 0 Å². The molecular formula is C16H28N2O3S. The average molecular weight is 328 g/mol. The molecular weight excluding hydrogens is 300 g/mol. The summed E-state index contributed by atoms with van der Waals surface area (Å²) in [5.41, 5.74) is 0. The fourth-order valence-electron chi connectivity index (χ4n) is 4.01. The molecule has 3 rings (SSSR count). The van der Waals surface area contributed by atoms with Crippen molar-refractivity contribution in [3.63, 3.8) is 0 Å². The molecule has 3 aliphatic rings. The minimum Gasteiger partial charge on any atom is -0.341 e. The van der Waals surface area contributed by atoms with E-state index < -0.39 is 15.3 Å². The third kappa shape index (κ3) is 3.04. The zero-order valence-corrected chi connectivity index (χ0v) is 14.4. The highest BCUT2D eigenvalue weighted by atomic mass is 32.2. The van der Waals surface area contributed by atoms with Gasteiger partial charge in [-0.1, -0.05) is 19.3 Å². The average Bonchev–Trinajstić information content (AvgIpc) is 2.99. The summed E-state index contributed by atoms with van der Waals surface area (Å²) in [6.45, 7) is 1.13. The second-order valence-corrected chi connectivity index (χ2v) is 9.45. The van der Waals surface area contributed by atoms with Gasteiger partial charge in [0.1, 0.15) is 0 Å². The van der Waals surface area contributed by atoms with Gasteiger partial charge in [-0.25, -0.2) is 12.7 Å². The van der Waals surface area contributed by atoms with Crippen LogP contribution in [-0.4, -0.2) is 55.0 Å². The maximum atomic E-state index is 12.8. The van der Waals surface area contributed by atoms with Gasteiger partial charge in [-0.05, 0) is 38.5 Å². The molecule has 1 amide bonds. The molecule has 5 nitrogen and oxygen atoms in total. The Morgan fingerprint density at radius 2 is 1.68 bits per heavy atom. The van der Waals surface area contributed by atoms with Gasteiger partial charge in [0.25, 0.3) is 0 Å². The summed E-state index contributed by atoms with van der Waals surface area (Å²) in [5, 5.41) is -0.405. The number of sulfonamides is 1. The molecule has 1 saturated heterocycles. The zero-order chi connectivity index (χ0) is 15.7. The number of likely N-dealkylation sites (tertiary alicyclic amines) is 1. The van der Waals surface area contributed by atoms with E-state index in [2.05, 4.69) is 0 Å². The largest absolute Gasteiger partial charge is 0.341 e. The van der Waals surface area contributed by atoms with Gasteiger partial charge >= 0.3 is 0 Å². The molecule has 0 unspecified atom stereocenters. The lowest BCUT2D eigenvalue weighted by Gasteiger charge is -2.39. The number of hydrogen-bond donors (Lipinski definition) is 0. The highest BCUT2D eigenvalue weighted by Gasteiger charge is 2.40. The summed E-state index contributed by atoms with van der Waals surface area (Å²) < 4.78 is 27.2. The van der Waals surface area contributed by atoms with Crippen molar-refractivity contribution in [1.82, 2.24) is 9.21 Å². The molecule has 0 aromatic heterocycles. The van der Waals surface area contributed by atoms with Gasteiger partial charge in [-0.3, -0.25) is 4.79 Å². The first kappa shape index (κ1) is 16.2. The molecule has 0 N–H and O–H groups in total. The van der Waals surface area contributed by atoms with E-state index in [-0.39, 0.29) is 17.9 Å². The molecule has 1 atom stereocenters. The van der Waals surface area contributed by atoms with Gasteiger partial charge in [0.05, 0.1) is 5.25 Å². The van der Waals surface area contributed by atoms with E-state index in [1.54, 1.807) is 11.4 Å². The van der Waals surface area contributed by atoms with Crippen LogP contribution < -0.4 is 0 Å². The lowest BCUT2D eigenvalue weighted by molar-refractivity contribution is -0.136. The zero-order valence-electron chi connectivity index (χ0n) is 13.5. The molecule has 0 bridgehead atoms. The highest BCUT2D eigenvalue weighted by molar-refractivity contribution is 7.89. The Balaban J connectivity index is 1.65. The Morgan fingerprint density at radius 3 is 2.27 bits per heavy atom.